The summed E-state index contributed by atoms with van der Waals surface area (Å²) in [6.45, 7) is 4.17. The fourth-order valence-electron chi connectivity index (χ4n) is 7.03. The maximum atomic E-state index is 11.3. The molecule has 0 saturated heterocycles. The molecule has 3 aliphatic carbocycles. The van der Waals surface area contributed by atoms with Crippen molar-refractivity contribution in [1.82, 2.24) is 5.32 Å². The van der Waals surface area contributed by atoms with Crippen molar-refractivity contribution in [2.24, 2.45) is 23.2 Å². The number of ether oxygens (including phenoxy) is 1. The molecule has 0 unspecified atom stereocenters. The van der Waals surface area contributed by atoms with Crippen LogP contribution in [0, 0.1) is 23.2 Å². The number of nitrogens with one attached hydrogen (secondary N) is 1. The van der Waals surface area contributed by atoms with Gasteiger partial charge in [-0.15, -0.1) is 0 Å². The monoisotopic (exact) mass is 405 g/mol. The number of hydrogen-bond donors (Lipinski definition) is 2. The predicted molar refractivity (Wildman–Crippen MR) is 121 cm³/mol. The molecule has 3 aliphatic rings. The average Bonchev–Trinajstić information content (AvgIpc) is 3.04. The summed E-state index contributed by atoms with van der Waals surface area (Å²) >= 11 is 0. The molecule has 0 spiro atoms. The standard InChI is InChI=1S/C27H35NO2/c1-27-13-12-23-22-11-9-21(30-2)14-19(22)8-10-24(23)25(27)15-20(26(27)29)17-28-16-18-6-4-3-5-7-18/h3-7,9,11,14,20,23-26,28-29H,8,10,12-13,15-17H2,1-2H3/t20-,23-,24-,25+,26+,27+/m1/s1. The summed E-state index contributed by atoms with van der Waals surface area (Å²) in [5, 5.41) is 15.0. The highest BCUT2D eigenvalue weighted by atomic mass is 16.5. The van der Waals surface area contributed by atoms with Crippen LogP contribution in [0.25, 0.3) is 0 Å². The second-order valence-electron chi connectivity index (χ2n) is 10.1. The summed E-state index contributed by atoms with van der Waals surface area (Å²) < 4.78 is 5.46. The smallest absolute Gasteiger partial charge is 0.119 e. The van der Waals surface area contributed by atoms with E-state index in [1.165, 1.54) is 24.0 Å². The van der Waals surface area contributed by atoms with E-state index in [-0.39, 0.29) is 11.5 Å². The Kier molecular flexibility index (Phi) is 5.37. The average molecular weight is 406 g/mol. The van der Waals surface area contributed by atoms with Crippen LogP contribution in [-0.2, 0) is 13.0 Å². The van der Waals surface area contributed by atoms with Crippen LogP contribution < -0.4 is 10.1 Å². The lowest BCUT2D eigenvalue weighted by Crippen LogP contribution is -2.44. The number of hydrogen-bond acceptors (Lipinski definition) is 3. The van der Waals surface area contributed by atoms with Crippen molar-refractivity contribution in [3.63, 3.8) is 0 Å². The molecule has 30 heavy (non-hydrogen) atoms. The highest BCUT2D eigenvalue weighted by Crippen LogP contribution is 2.62. The highest BCUT2D eigenvalue weighted by Gasteiger charge is 2.57. The minimum absolute atomic E-state index is 0.0736. The lowest BCUT2D eigenvalue weighted by molar-refractivity contribution is -0.0324. The van der Waals surface area contributed by atoms with Crippen molar-refractivity contribution in [2.45, 2.75) is 57.6 Å². The number of methoxy groups -OCH3 is 1. The van der Waals surface area contributed by atoms with Crippen molar-refractivity contribution >= 4 is 0 Å². The molecule has 2 fully saturated rings. The molecule has 3 heteroatoms. The maximum Gasteiger partial charge on any atom is 0.119 e. The van der Waals surface area contributed by atoms with Crippen LogP contribution in [0.2, 0.25) is 0 Å². The molecule has 2 aromatic carbocycles. The van der Waals surface area contributed by atoms with Gasteiger partial charge in [0.1, 0.15) is 5.75 Å². The Morgan fingerprint density at radius 1 is 1.13 bits per heavy atom. The van der Waals surface area contributed by atoms with Crippen LogP contribution in [0.3, 0.4) is 0 Å². The molecule has 0 bridgehead atoms. The van der Waals surface area contributed by atoms with Crippen LogP contribution in [-0.4, -0.2) is 24.9 Å². The van der Waals surface area contributed by atoms with Crippen molar-refractivity contribution < 1.29 is 9.84 Å². The molecule has 5 rings (SSSR count). The Morgan fingerprint density at radius 3 is 2.77 bits per heavy atom. The summed E-state index contributed by atoms with van der Waals surface area (Å²) in [5.41, 5.74) is 4.42. The molecule has 2 N–H and O–H groups in total. The zero-order valence-electron chi connectivity index (χ0n) is 18.3. The predicted octanol–water partition coefficient (Wildman–Crippen LogP) is 4.93. The van der Waals surface area contributed by atoms with Gasteiger partial charge in [-0.25, -0.2) is 0 Å². The molecule has 0 heterocycles. The molecular weight excluding hydrogens is 370 g/mol. The number of aryl methyl sites for hydroxylation is 1. The fourth-order valence-corrected chi connectivity index (χ4v) is 7.03. The van der Waals surface area contributed by atoms with E-state index in [1.54, 1.807) is 12.7 Å². The number of rotatable bonds is 5. The molecule has 0 aromatic heterocycles. The summed E-state index contributed by atoms with van der Waals surface area (Å²) in [5.74, 6) is 3.33. The number of aliphatic hydroxyl groups excluding tert-OH is 1. The first-order valence-corrected chi connectivity index (χ1v) is 11.7. The molecule has 160 valence electrons. The van der Waals surface area contributed by atoms with Gasteiger partial charge in [-0.05, 0) is 90.0 Å². The zero-order valence-corrected chi connectivity index (χ0v) is 18.3. The first kappa shape index (κ1) is 20.1. The normalized spacial score (nSPS) is 34.7. The topological polar surface area (TPSA) is 41.5 Å². The van der Waals surface area contributed by atoms with Gasteiger partial charge >= 0.3 is 0 Å². The largest absolute Gasteiger partial charge is 0.497 e. The van der Waals surface area contributed by atoms with E-state index < -0.39 is 0 Å². The van der Waals surface area contributed by atoms with Crippen LogP contribution in [0.15, 0.2) is 48.5 Å². The van der Waals surface area contributed by atoms with Crippen molar-refractivity contribution in [1.29, 1.82) is 0 Å². The summed E-state index contributed by atoms with van der Waals surface area (Å²) in [6.07, 6.45) is 5.71. The minimum Gasteiger partial charge on any atom is -0.497 e. The van der Waals surface area contributed by atoms with E-state index in [0.29, 0.717) is 23.7 Å². The van der Waals surface area contributed by atoms with E-state index in [9.17, 15) is 5.11 Å². The maximum absolute atomic E-state index is 11.3. The Morgan fingerprint density at radius 2 is 1.97 bits per heavy atom. The van der Waals surface area contributed by atoms with Crippen LogP contribution in [0.5, 0.6) is 5.75 Å². The molecule has 2 saturated carbocycles. The van der Waals surface area contributed by atoms with Gasteiger partial charge in [0, 0.05) is 13.1 Å². The van der Waals surface area contributed by atoms with Gasteiger partial charge in [-0.1, -0.05) is 43.3 Å². The van der Waals surface area contributed by atoms with Gasteiger partial charge < -0.3 is 15.2 Å². The Bertz CT molecular complexity index is 882. The lowest BCUT2D eigenvalue weighted by Gasteiger charge is -2.50. The molecule has 2 aromatic rings. The molecule has 0 aliphatic heterocycles. The van der Waals surface area contributed by atoms with Crippen molar-refractivity contribution in [3.05, 3.63) is 65.2 Å². The third-order valence-corrected chi connectivity index (χ3v) is 8.63. The first-order valence-electron chi connectivity index (χ1n) is 11.7. The van der Waals surface area contributed by atoms with Gasteiger partial charge in [-0.2, -0.15) is 0 Å². The number of fused-ring (bicyclic) bond motifs is 5. The molecular formula is C27H35NO2. The summed E-state index contributed by atoms with van der Waals surface area (Å²) in [7, 11) is 1.76. The van der Waals surface area contributed by atoms with Gasteiger partial charge in [0.15, 0.2) is 0 Å². The lowest BCUT2D eigenvalue weighted by atomic mass is 9.55. The van der Waals surface area contributed by atoms with Crippen LogP contribution in [0.4, 0.5) is 0 Å². The number of aliphatic hydroxyl groups is 1. The van der Waals surface area contributed by atoms with Gasteiger partial charge in [0.25, 0.3) is 0 Å². The zero-order chi connectivity index (χ0) is 20.7. The van der Waals surface area contributed by atoms with Gasteiger partial charge in [0.05, 0.1) is 13.2 Å². The van der Waals surface area contributed by atoms with Crippen LogP contribution in [0.1, 0.15) is 55.2 Å². The number of benzene rings is 2. The Hall–Kier alpha value is -1.84. The molecule has 3 nitrogen and oxygen atoms in total. The quantitative estimate of drug-likeness (QED) is 0.741. The van der Waals surface area contributed by atoms with E-state index in [1.807, 2.05) is 0 Å². The summed E-state index contributed by atoms with van der Waals surface area (Å²) in [6, 6.07) is 17.3. The van der Waals surface area contributed by atoms with Crippen molar-refractivity contribution in [2.75, 3.05) is 13.7 Å². The summed E-state index contributed by atoms with van der Waals surface area (Å²) in [4.78, 5) is 0. The second-order valence-corrected chi connectivity index (χ2v) is 10.1. The van der Waals surface area contributed by atoms with Crippen LogP contribution >= 0.6 is 0 Å². The molecule has 6 atom stereocenters. The Labute approximate surface area is 180 Å². The minimum atomic E-state index is -0.191. The fraction of sp³-hybridized carbons (Fsp3) is 0.556. The third kappa shape index (κ3) is 3.36. The Balaban J connectivity index is 1.30. The third-order valence-electron chi connectivity index (χ3n) is 8.63. The van der Waals surface area contributed by atoms with E-state index >= 15 is 0 Å². The second kappa shape index (κ2) is 8.01. The van der Waals surface area contributed by atoms with Gasteiger partial charge in [-0.3, -0.25) is 0 Å². The van der Waals surface area contributed by atoms with E-state index in [4.69, 9.17) is 4.74 Å². The molecule has 0 amide bonds. The first-order chi connectivity index (χ1) is 14.6. The SMILES string of the molecule is COc1ccc2c(c1)CC[C@@H]1[C@@H]2CC[C@]2(C)[C@@H](O)[C@@H](CNCc3ccccc3)C[C@@H]12. The van der Waals surface area contributed by atoms with E-state index in [2.05, 4.69) is 60.8 Å². The molecule has 0 radical (unpaired) electrons. The highest BCUT2D eigenvalue weighted by molar-refractivity contribution is 5.40. The van der Waals surface area contributed by atoms with E-state index in [0.717, 1.165) is 38.1 Å². The van der Waals surface area contributed by atoms with Gasteiger partial charge in [0.2, 0.25) is 0 Å². The van der Waals surface area contributed by atoms with Crippen molar-refractivity contribution in [3.8, 4) is 5.75 Å².